The summed E-state index contributed by atoms with van der Waals surface area (Å²) in [6.45, 7) is 1.69. The van der Waals surface area contributed by atoms with E-state index in [1.54, 1.807) is 6.92 Å². The fourth-order valence-electron chi connectivity index (χ4n) is 0.894. The Kier molecular flexibility index (Phi) is 3.19. The fraction of sp³-hybridized carbons (Fsp3) is 0.714. The van der Waals surface area contributed by atoms with E-state index in [1.165, 1.54) is 17.3 Å². The van der Waals surface area contributed by atoms with E-state index < -0.39 is 6.23 Å². The van der Waals surface area contributed by atoms with Gasteiger partial charge in [0, 0.05) is 0 Å². The molecule has 0 aliphatic carbocycles. The van der Waals surface area contributed by atoms with Crippen molar-refractivity contribution in [3.63, 3.8) is 0 Å². The van der Waals surface area contributed by atoms with Crippen LogP contribution in [0.15, 0.2) is 12.7 Å². The molecule has 0 aliphatic rings. The molecule has 1 aromatic rings. The highest BCUT2D eigenvalue weighted by Gasteiger charge is 2.07. The molecule has 0 aliphatic heterocycles. The van der Waals surface area contributed by atoms with Crippen molar-refractivity contribution in [3.05, 3.63) is 12.7 Å². The van der Waals surface area contributed by atoms with Crippen LogP contribution in [0.2, 0.25) is 0 Å². The highest BCUT2D eigenvalue weighted by molar-refractivity contribution is 4.61. The fourth-order valence-corrected chi connectivity index (χ4v) is 0.894. The summed E-state index contributed by atoms with van der Waals surface area (Å²) in [5.41, 5.74) is 0. The number of hydrogen-bond acceptors (Lipinski definition) is 4. The van der Waals surface area contributed by atoms with E-state index in [1.807, 2.05) is 0 Å². The molecule has 0 saturated carbocycles. The highest BCUT2D eigenvalue weighted by atomic mass is 16.3. The predicted octanol–water partition coefficient (Wildman–Crippen LogP) is -0.0700. The van der Waals surface area contributed by atoms with E-state index in [0.717, 1.165) is 0 Å². The molecule has 0 fully saturated rings. The van der Waals surface area contributed by atoms with Gasteiger partial charge < -0.3 is 10.2 Å². The Morgan fingerprint density at radius 2 is 2.17 bits per heavy atom. The smallest absolute Gasteiger partial charge is 0.148 e. The molecule has 0 aromatic carbocycles. The highest BCUT2D eigenvalue weighted by Crippen LogP contribution is 2.09. The van der Waals surface area contributed by atoms with E-state index in [2.05, 4.69) is 10.1 Å². The summed E-state index contributed by atoms with van der Waals surface area (Å²) in [5, 5.41) is 22.1. The summed E-state index contributed by atoms with van der Waals surface area (Å²) in [7, 11) is 0. The maximum atomic E-state index is 9.41. The number of rotatable bonds is 4. The molecule has 0 saturated heterocycles. The van der Waals surface area contributed by atoms with Gasteiger partial charge in [0.15, 0.2) is 0 Å². The van der Waals surface area contributed by atoms with E-state index >= 15 is 0 Å². The van der Waals surface area contributed by atoms with Gasteiger partial charge in [0.25, 0.3) is 0 Å². The van der Waals surface area contributed by atoms with Gasteiger partial charge in [-0.15, -0.1) is 0 Å². The number of aliphatic hydroxyl groups is 2. The molecule has 1 heterocycles. The van der Waals surface area contributed by atoms with Gasteiger partial charge in [0.05, 0.1) is 6.10 Å². The SMILES string of the molecule is CC(O)CCC(O)n1cncn1. The van der Waals surface area contributed by atoms with Gasteiger partial charge in [-0.05, 0) is 19.8 Å². The zero-order valence-electron chi connectivity index (χ0n) is 6.96. The Labute approximate surface area is 70.7 Å². The maximum absolute atomic E-state index is 9.41. The molecule has 2 atom stereocenters. The summed E-state index contributed by atoms with van der Waals surface area (Å²) in [5.74, 6) is 0. The molecule has 1 aromatic heterocycles. The van der Waals surface area contributed by atoms with Gasteiger partial charge in [-0.25, -0.2) is 9.67 Å². The van der Waals surface area contributed by atoms with Gasteiger partial charge in [-0.2, -0.15) is 5.10 Å². The average molecular weight is 171 g/mol. The first-order valence-corrected chi connectivity index (χ1v) is 3.90. The van der Waals surface area contributed by atoms with Crippen LogP contribution in [0.4, 0.5) is 0 Å². The minimum absolute atomic E-state index is 0.386. The first kappa shape index (κ1) is 9.15. The van der Waals surface area contributed by atoms with Crippen LogP contribution in [0.1, 0.15) is 26.0 Å². The zero-order valence-corrected chi connectivity index (χ0v) is 6.96. The first-order chi connectivity index (χ1) is 5.70. The molecule has 2 unspecified atom stereocenters. The summed E-state index contributed by atoms with van der Waals surface area (Å²) >= 11 is 0. The summed E-state index contributed by atoms with van der Waals surface area (Å²) in [6.07, 6.45) is 2.80. The van der Waals surface area contributed by atoms with Crippen LogP contribution in [0.5, 0.6) is 0 Å². The lowest BCUT2D eigenvalue weighted by Gasteiger charge is -2.10. The van der Waals surface area contributed by atoms with Crippen LogP contribution in [-0.2, 0) is 0 Å². The van der Waals surface area contributed by atoms with Crippen molar-refractivity contribution in [2.75, 3.05) is 0 Å². The largest absolute Gasteiger partial charge is 0.393 e. The van der Waals surface area contributed by atoms with E-state index in [0.29, 0.717) is 12.8 Å². The zero-order chi connectivity index (χ0) is 8.97. The van der Waals surface area contributed by atoms with E-state index in [4.69, 9.17) is 5.11 Å². The Morgan fingerprint density at radius 1 is 1.42 bits per heavy atom. The van der Waals surface area contributed by atoms with Crippen LogP contribution in [0.3, 0.4) is 0 Å². The Bertz CT molecular complexity index is 210. The second kappa shape index (κ2) is 4.18. The van der Waals surface area contributed by atoms with Crippen molar-refractivity contribution < 1.29 is 10.2 Å². The maximum Gasteiger partial charge on any atom is 0.148 e. The number of aromatic nitrogens is 3. The lowest BCUT2D eigenvalue weighted by atomic mass is 10.2. The third-order valence-corrected chi connectivity index (χ3v) is 1.58. The molecule has 0 bridgehead atoms. The molecular formula is C7H13N3O2. The minimum atomic E-state index is -0.679. The van der Waals surface area contributed by atoms with Crippen molar-refractivity contribution in [1.29, 1.82) is 0 Å². The quantitative estimate of drug-likeness (QED) is 0.665. The molecule has 1 rings (SSSR count). The third-order valence-electron chi connectivity index (χ3n) is 1.58. The second-order valence-corrected chi connectivity index (χ2v) is 2.78. The normalized spacial score (nSPS) is 15.9. The number of hydrogen-bond donors (Lipinski definition) is 2. The molecule has 68 valence electrons. The lowest BCUT2D eigenvalue weighted by molar-refractivity contribution is 0.0615. The van der Waals surface area contributed by atoms with Crippen molar-refractivity contribution in [2.45, 2.75) is 32.1 Å². The second-order valence-electron chi connectivity index (χ2n) is 2.78. The van der Waals surface area contributed by atoms with Crippen LogP contribution in [0.25, 0.3) is 0 Å². The topological polar surface area (TPSA) is 71.2 Å². The summed E-state index contributed by atoms with van der Waals surface area (Å²) in [6, 6.07) is 0. The standard InChI is InChI=1S/C7H13N3O2/c1-6(11)2-3-7(12)10-5-8-4-9-10/h4-7,11-12H,2-3H2,1H3. The average Bonchev–Trinajstić information content (AvgIpc) is 2.51. The van der Waals surface area contributed by atoms with Gasteiger partial charge >= 0.3 is 0 Å². The summed E-state index contributed by atoms with van der Waals surface area (Å²) in [4.78, 5) is 3.70. The molecule has 0 amide bonds. The Hall–Kier alpha value is -0.940. The van der Waals surface area contributed by atoms with Crippen LogP contribution >= 0.6 is 0 Å². The molecule has 5 heteroatoms. The van der Waals surface area contributed by atoms with Gasteiger partial charge in [0.2, 0.25) is 0 Å². The minimum Gasteiger partial charge on any atom is -0.393 e. The van der Waals surface area contributed by atoms with Crippen LogP contribution in [-0.4, -0.2) is 31.1 Å². The van der Waals surface area contributed by atoms with Crippen molar-refractivity contribution in [1.82, 2.24) is 14.8 Å². The van der Waals surface area contributed by atoms with Crippen molar-refractivity contribution in [3.8, 4) is 0 Å². The Morgan fingerprint density at radius 3 is 2.67 bits per heavy atom. The monoisotopic (exact) mass is 171 g/mol. The van der Waals surface area contributed by atoms with Gasteiger partial charge in [-0.3, -0.25) is 0 Å². The predicted molar refractivity (Wildman–Crippen MR) is 42.2 cm³/mol. The molecular weight excluding hydrogens is 158 g/mol. The molecule has 12 heavy (non-hydrogen) atoms. The van der Waals surface area contributed by atoms with Gasteiger partial charge in [-0.1, -0.05) is 0 Å². The first-order valence-electron chi connectivity index (χ1n) is 3.90. The summed E-state index contributed by atoms with van der Waals surface area (Å²) < 4.78 is 1.36. The van der Waals surface area contributed by atoms with Gasteiger partial charge in [0.1, 0.15) is 18.9 Å². The molecule has 0 radical (unpaired) electrons. The van der Waals surface area contributed by atoms with E-state index in [9.17, 15) is 5.11 Å². The molecule has 5 nitrogen and oxygen atoms in total. The van der Waals surface area contributed by atoms with Crippen LogP contribution in [0, 0.1) is 0 Å². The van der Waals surface area contributed by atoms with Crippen molar-refractivity contribution in [2.24, 2.45) is 0 Å². The van der Waals surface area contributed by atoms with Crippen molar-refractivity contribution >= 4 is 0 Å². The Balaban J connectivity index is 2.34. The number of aliphatic hydroxyl groups excluding tert-OH is 2. The molecule has 0 spiro atoms. The van der Waals surface area contributed by atoms with E-state index in [-0.39, 0.29) is 6.10 Å². The van der Waals surface area contributed by atoms with Crippen LogP contribution < -0.4 is 0 Å². The number of nitrogens with zero attached hydrogens (tertiary/aromatic N) is 3. The third kappa shape index (κ3) is 2.60. The lowest BCUT2D eigenvalue weighted by Crippen LogP contribution is -2.11. The molecule has 2 N–H and O–H groups in total.